The number of hydrogen-bond donors (Lipinski definition) is 0. The van der Waals surface area contributed by atoms with E-state index < -0.39 is 5.82 Å². The fourth-order valence-electron chi connectivity index (χ4n) is 3.43. The van der Waals surface area contributed by atoms with Crippen molar-refractivity contribution in [2.24, 2.45) is 4.99 Å². The standard InChI is InChI=1S/C25H21FN2O3/c1-16-7-6-8-18(13-16)28-24(20-9-4-5-10-21(20)26)27-22(25(28)29)14-17-11-12-19(30-2)15-23(17)31-3/h4-15H,1-3H3/b22-14+. The lowest BCUT2D eigenvalue weighted by atomic mass is 10.1. The Hall–Kier alpha value is -3.93. The number of hydrogen-bond acceptors (Lipinski definition) is 4. The summed E-state index contributed by atoms with van der Waals surface area (Å²) in [7, 11) is 3.11. The number of aliphatic imine (C=N–C) groups is 1. The lowest BCUT2D eigenvalue weighted by Gasteiger charge is -2.19. The first-order chi connectivity index (χ1) is 15.0. The number of halogens is 1. The molecule has 5 nitrogen and oxygen atoms in total. The predicted octanol–water partition coefficient (Wildman–Crippen LogP) is 4.99. The van der Waals surface area contributed by atoms with Gasteiger partial charge in [0.1, 0.15) is 23.0 Å². The molecule has 4 rings (SSSR count). The predicted molar refractivity (Wildman–Crippen MR) is 119 cm³/mol. The van der Waals surface area contributed by atoms with E-state index in [9.17, 15) is 9.18 Å². The first-order valence-corrected chi connectivity index (χ1v) is 9.70. The van der Waals surface area contributed by atoms with Crippen molar-refractivity contribution in [1.29, 1.82) is 0 Å². The maximum atomic E-state index is 14.6. The van der Waals surface area contributed by atoms with Crippen LogP contribution in [-0.2, 0) is 4.79 Å². The SMILES string of the molecule is COc1ccc(/C=C2/N=C(c3ccccc3F)N(c3cccc(C)c3)C2=O)c(OC)c1. The molecule has 0 unspecified atom stereocenters. The largest absolute Gasteiger partial charge is 0.497 e. The van der Waals surface area contributed by atoms with Gasteiger partial charge in [0.15, 0.2) is 5.84 Å². The quantitative estimate of drug-likeness (QED) is 0.551. The van der Waals surface area contributed by atoms with Crippen LogP contribution < -0.4 is 14.4 Å². The van der Waals surface area contributed by atoms with Crippen LogP contribution in [0.15, 0.2) is 77.4 Å². The lowest BCUT2D eigenvalue weighted by Crippen LogP contribution is -2.33. The maximum Gasteiger partial charge on any atom is 0.282 e. The number of carbonyl (C=O) groups excluding carboxylic acids is 1. The van der Waals surface area contributed by atoms with Gasteiger partial charge in [-0.25, -0.2) is 9.38 Å². The topological polar surface area (TPSA) is 51.1 Å². The Morgan fingerprint density at radius 3 is 2.48 bits per heavy atom. The van der Waals surface area contributed by atoms with Gasteiger partial charge in [-0.15, -0.1) is 0 Å². The zero-order valence-corrected chi connectivity index (χ0v) is 17.4. The summed E-state index contributed by atoms with van der Waals surface area (Å²) in [6.07, 6.45) is 1.64. The molecule has 0 aliphatic carbocycles. The van der Waals surface area contributed by atoms with Gasteiger partial charge in [0.05, 0.1) is 25.5 Å². The Balaban J connectivity index is 1.86. The van der Waals surface area contributed by atoms with Crippen molar-refractivity contribution in [3.8, 4) is 11.5 Å². The van der Waals surface area contributed by atoms with Crippen LogP contribution in [-0.4, -0.2) is 26.0 Å². The van der Waals surface area contributed by atoms with Crippen LogP contribution in [0.3, 0.4) is 0 Å². The molecule has 0 fully saturated rings. The van der Waals surface area contributed by atoms with Crippen LogP contribution in [0.5, 0.6) is 11.5 Å². The van der Waals surface area contributed by atoms with Crippen LogP contribution in [0, 0.1) is 12.7 Å². The zero-order chi connectivity index (χ0) is 22.0. The van der Waals surface area contributed by atoms with E-state index in [2.05, 4.69) is 4.99 Å². The van der Waals surface area contributed by atoms with Crippen molar-refractivity contribution in [1.82, 2.24) is 0 Å². The van der Waals surface area contributed by atoms with Gasteiger partial charge in [0.25, 0.3) is 5.91 Å². The van der Waals surface area contributed by atoms with Gasteiger partial charge in [0.2, 0.25) is 0 Å². The summed E-state index contributed by atoms with van der Waals surface area (Å²) < 4.78 is 25.3. The molecular weight excluding hydrogens is 395 g/mol. The van der Waals surface area contributed by atoms with Gasteiger partial charge in [0, 0.05) is 11.6 Å². The molecule has 3 aromatic rings. The highest BCUT2D eigenvalue weighted by atomic mass is 19.1. The molecule has 1 heterocycles. The van der Waals surface area contributed by atoms with Gasteiger partial charge in [-0.1, -0.05) is 24.3 Å². The molecule has 156 valence electrons. The van der Waals surface area contributed by atoms with E-state index >= 15 is 0 Å². The van der Waals surface area contributed by atoms with E-state index in [0.717, 1.165) is 5.56 Å². The molecule has 0 bridgehead atoms. The monoisotopic (exact) mass is 416 g/mol. The lowest BCUT2D eigenvalue weighted by molar-refractivity contribution is -0.113. The Morgan fingerprint density at radius 1 is 0.968 bits per heavy atom. The minimum atomic E-state index is -0.449. The number of methoxy groups -OCH3 is 2. The highest BCUT2D eigenvalue weighted by Gasteiger charge is 2.34. The van der Waals surface area contributed by atoms with E-state index in [4.69, 9.17) is 9.47 Å². The summed E-state index contributed by atoms with van der Waals surface area (Å²) in [5.74, 6) is 0.620. The van der Waals surface area contributed by atoms with E-state index in [1.165, 1.54) is 11.0 Å². The molecule has 3 aromatic carbocycles. The minimum absolute atomic E-state index is 0.184. The summed E-state index contributed by atoms with van der Waals surface area (Å²) in [6.45, 7) is 1.93. The first-order valence-electron chi connectivity index (χ1n) is 9.70. The third-order valence-corrected chi connectivity index (χ3v) is 4.97. The second-order valence-corrected chi connectivity index (χ2v) is 7.03. The summed E-state index contributed by atoms with van der Waals surface area (Å²) in [4.78, 5) is 19.4. The fourth-order valence-corrected chi connectivity index (χ4v) is 3.43. The van der Waals surface area contributed by atoms with Crippen molar-refractivity contribution in [3.63, 3.8) is 0 Å². The van der Waals surface area contributed by atoms with Crippen LogP contribution in [0.4, 0.5) is 10.1 Å². The van der Waals surface area contributed by atoms with Crippen LogP contribution in [0.1, 0.15) is 16.7 Å². The third kappa shape index (κ3) is 3.92. The van der Waals surface area contributed by atoms with Crippen LogP contribution in [0.25, 0.3) is 6.08 Å². The van der Waals surface area contributed by atoms with Crippen molar-refractivity contribution >= 4 is 23.5 Å². The minimum Gasteiger partial charge on any atom is -0.497 e. The van der Waals surface area contributed by atoms with Gasteiger partial charge in [-0.3, -0.25) is 9.69 Å². The van der Waals surface area contributed by atoms with E-state index in [1.807, 2.05) is 25.1 Å². The number of anilines is 1. The van der Waals surface area contributed by atoms with Crippen molar-refractivity contribution in [3.05, 3.63) is 94.9 Å². The number of aryl methyl sites for hydroxylation is 1. The zero-order valence-electron chi connectivity index (χ0n) is 17.4. The number of rotatable bonds is 5. The van der Waals surface area contributed by atoms with Gasteiger partial charge in [-0.2, -0.15) is 0 Å². The molecule has 0 radical (unpaired) electrons. The number of benzene rings is 3. The third-order valence-electron chi connectivity index (χ3n) is 4.97. The number of nitrogens with zero attached hydrogens (tertiary/aromatic N) is 2. The fraction of sp³-hybridized carbons (Fsp3) is 0.120. The van der Waals surface area contributed by atoms with E-state index in [1.54, 1.807) is 62.8 Å². The average Bonchev–Trinajstić information content (AvgIpc) is 3.10. The summed E-state index contributed by atoms with van der Waals surface area (Å²) >= 11 is 0. The Kier molecular flexibility index (Phi) is 5.54. The van der Waals surface area contributed by atoms with Gasteiger partial charge < -0.3 is 9.47 Å². The number of ether oxygens (including phenoxy) is 2. The normalized spacial score (nSPS) is 14.7. The maximum absolute atomic E-state index is 14.6. The number of amidine groups is 1. The molecule has 0 atom stereocenters. The first kappa shape index (κ1) is 20.3. The molecular formula is C25H21FN2O3. The molecule has 1 amide bonds. The average molecular weight is 416 g/mol. The van der Waals surface area contributed by atoms with Crippen molar-refractivity contribution in [2.75, 3.05) is 19.1 Å². The summed E-state index contributed by atoms with van der Waals surface area (Å²) in [5, 5.41) is 0. The molecule has 0 saturated heterocycles. The number of carbonyl (C=O) groups is 1. The molecule has 0 N–H and O–H groups in total. The van der Waals surface area contributed by atoms with Gasteiger partial charge >= 0.3 is 0 Å². The Bertz CT molecular complexity index is 1220. The molecule has 31 heavy (non-hydrogen) atoms. The molecule has 0 aromatic heterocycles. The van der Waals surface area contributed by atoms with E-state index in [-0.39, 0.29) is 23.0 Å². The smallest absolute Gasteiger partial charge is 0.282 e. The second kappa shape index (κ2) is 8.44. The number of amides is 1. The molecule has 1 aliphatic rings. The molecule has 0 spiro atoms. The van der Waals surface area contributed by atoms with Crippen molar-refractivity contribution < 1.29 is 18.7 Å². The van der Waals surface area contributed by atoms with E-state index in [0.29, 0.717) is 22.7 Å². The Labute approximate surface area is 180 Å². The Morgan fingerprint density at radius 2 is 1.77 bits per heavy atom. The van der Waals surface area contributed by atoms with Crippen LogP contribution >= 0.6 is 0 Å². The second-order valence-electron chi connectivity index (χ2n) is 7.03. The van der Waals surface area contributed by atoms with Crippen molar-refractivity contribution in [2.45, 2.75) is 6.92 Å². The van der Waals surface area contributed by atoms with Crippen LogP contribution in [0.2, 0.25) is 0 Å². The molecule has 0 saturated carbocycles. The molecule has 6 heteroatoms. The summed E-state index contributed by atoms with van der Waals surface area (Å²) in [6, 6.07) is 19.0. The highest BCUT2D eigenvalue weighted by molar-refractivity contribution is 6.33. The highest BCUT2D eigenvalue weighted by Crippen LogP contribution is 2.32. The molecule has 1 aliphatic heterocycles. The van der Waals surface area contributed by atoms with Gasteiger partial charge in [-0.05, 0) is 55.0 Å². The summed E-state index contributed by atoms with van der Waals surface area (Å²) in [5.41, 5.74) is 2.70.